The minimum Gasteiger partial charge on any atom is -0.340 e. The van der Waals surface area contributed by atoms with E-state index in [0.717, 1.165) is 6.07 Å². The fraction of sp³-hybridized carbons (Fsp3) is 0.429. The molecule has 1 heterocycles. The molecule has 0 radical (unpaired) electrons. The van der Waals surface area contributed by atoms with E-state index in [1.165, 1.54) is 9.80 Å². The highest BCUT2D eigenvalue weighted by molar-refractivity contribution is 5.93. The Balaban J connectivity index is 2.09. The lowest BCUT2D eigenvalue weighted by Gasteiger charge is -2.37. The number of nitrogens with zero attached hydrogens (tertiary/aromatic N) is 2. The Morgan fingerprint density at radius 2 is 2.00 bits per heavy atom. The Hall–Kier alpha value is -2.32. The van der Waals surface area contributed by atoms with Gasteiger partial charge in [-0.1, -0.05) is 0 Å². The summed E-state index contributed by atoms with van der Waals surface area (Å²) >= 11 is 0. The van der Waals surface area contributed by atoms with Crippen LogP contribution in [0.1, 0.15) is 12.5 Å². The molecule has 1 aromatic carbocycles. The zero-order valence-corrected chi connectivity index (χ0v) is 12.4. The summed E-state index contributed by atoms with van der Waals surface area (Å²) < 4.78 is 50.9. The molecule has 1 atom stereocenters. The maximum absolute atomic E-state index is 13.5. The van der Waals surface area contributed by atoms with E-state index in [4.69, 9.17) is 0 Å². The molecule has 1 unspecified atom stereocenters. The van der Waals surface area contributed by atoms with E-state index in [0.29, 0.717) is 12.1 Å². The Kier molecular flexibility index (Phi) is 4.49. The van der Waals surface area contributed by atoms with E-state index >= 15 is 0 Å². The van der Waals surface area contributed by atoms with E-state index in [9.17, 15) is 27.2 Å². The number of hydrogen-bond acceptors (Lipinski definition) is 2. The minimum atomic E-state index is -4.80. The SMILES string of the molecule is CC1CN(C(=O)Nc2ccc(C(F)(F)F)c(F)c2)CC(=O)N1C. The largest absolute Gasteiger partial charge is 0.419 e. The van der Waals surface area contributed by atoms with Gasteiger partial charge >= 0.3 is 12.2 Å². The molecule has 9 heteroatoms. The fourth-order valence-electron chi connectivity index (χ4n) is 2.21. The second-order valence-electron chi connectivity index (χ2n) is 5.36. The van der Waals surface area contributed by atoms with Crippen molar-refractivity contribution in [3.63, 3.8) is 0 Å². The van der Waals surface area contributed by atoms with Crippen molar-refractivity contribution in [2.24, 2.45) is 0 Å². The smallest absolute Gasteiger partial charge is 0.340 e. The molecule has 1 N–H and O–H groups in total. The molecule has 126 valence electrons. The lowest BCUT2D eigenvalue weighted by atomic mass is 10.2. The predicted molar refractivity (Wildman–Crippen MR) is 74.2 cm³/mol. The minimum absolute atomic E-state index is 0.112. The Morgan fingerprint density at radius 3 is 2.52 bits per heavy atom. The molecule has 2 rings (SSSR count). The van der Waals surface area contributed by atoms with Crippen molar-refractivity contribution in [3.05, 3.63) is 29.6 Å². The van der Waals surface area contributed by atoms with Crippen molar-refractivity contribution < 1.29 is 27.2 Å². The van der Waals surface area contributed by atoms with Crippen molar-refractivity contribution in [3.8, 4) is 0 Å². The van der Waals surface area contributed by atoms with Gasteiger partial charge in [0.1, 0.15) is 12.4 Å². The summed E-state index contributed by atoms with van der Waals surface area (Å²) in [5, 5.41) is 2.30. The van der Waals surface area contributed by atoms with Gasteiger partial charge in [-0.25, -0.2) is 9.18 Å². The zero-order valence-electron chi connectivity index (χ0n) is 12.4. The first kappa shape index (κ1) is 17.0. The van der Waals surface area contributed by atoms with Gasteiger partial charge in [-0.05, 0) is 25.1 Å². The number of halogens is 4. The van der Waals surface area contributed by atoms with E-state index < -0.39 is 23.6 Å². The number of nitrogens with one attached hydrogen (secondary N) is 1. The van der Waals surface area contributed by atoms with Gasteiger partial charge in [0.15, 0.2) is 0 Å². The Bertz CT molecular complexity index is 633. The first-order valence-corrected chi connectivity index (χ1v) is 6.78. The zero-order chi connectivity index (χ0) is 17.4. The number of hydrogen-bond donors (Lipinski definition) is 1. The van der Waals surface area contributed by atoms with Crippen LogP contribution in [0, 0.1) is 5.82 Å². The van der Waals surface area contributed by atoms with Crippen molar-refractivity contribution >= 4 is 17.6 Å². The molecule has 0 aromatic heterocycles. The number of alkyl halides is 3. The monoisotopic (exact) mass is 333 g/mol. The highest BCUT2D eigenvalue weighted by Gasteiger charge is 2.34. The lowest BCUT2D eigenvalue weighted by molar-refractivity contribution is -0.140. The van der Waals surface area contributed by atoms with Crippen molar-refractivity contribution in [2.45, 2.75) is 19.1 Å². The maximum atomic E-state index is 13.5. The molecule has 0 aliphatic carbocycles. The first-order chi connectivity index (χ1) is 10.6. The normalized spacial score (nSPS) is 19.0. The third-order valence-electron chi connectivity index (χ3n) is 3.68. The summed E-state index contributed by atoms with van der Waals surface area (Å²) in [6.45, 7) is 1.89. The number of urea groups is 1. The molecule has 3 amide bonds. The van der Waals surface area contributed by atoms with Crippen LogP contribution in [0.15, 0.2) is 18.2 Å². The van der Waals surface area contributed by atoms with Crippen LogP contribution in [0.4, 0.5) is 28.0 Å². The standard InChI is InChI=1S/C14H15F4N3O2/c1-8-6-21(7-12(22)20(8)2)13(23)19-9-3-4-10(11(15)5-9)14(16,17)18/h3-5,8H,6-7H2,1-2H3,(H,19,23). The molecule has 1 aliphatic rings. The molecule has 0 saturated carbocycles. The number of anilines is 1. The molecule has 5 nitrogen and oxygen atoms in total. The molecular weight excluding hydrogens is 318 g/mol. The van der Waals surface area contributed by atoms with Crippen LogP contribution in [0.3, 0.4) is 0 Å². The first-order valence-electron chi connectivity index (χ1n) is 6.78. The summed E-state index contributed by atoms with van der Waals surface area (Å²) in [6, 6.07) is 1.26. The molecular formula is C14H15F4N3O2. The van der Waals surface area contributed by atoms with Gasteiger partial charge < -0.3 is 15.1 Å². The van der Waals surface area contributed by atoms with Gasteiger partial charge in [0.25, 0.3) is 0 Å². The number of carbonyl (C=O) groups excluding carboxylic acids is 2. The van der Waals surface area contributed by atoms with Gasteiger partial charge in [0, 0.05) is 25.3 Å². The van der Waals surface area contributed by atoms with Gasteiger partial charge in [-0.15, -0.1) is 0 Å². The molecule has 1 saturated heterocycles. The molecule has 23 heavy (non-hydrogen) atoms. The predicted octanol–water partition coefficient (Wildman–Crippen LogP) is 2.54. The fourth-order valence-corrected chi connectivity index (χ4v) is 2.21. The van der Waals surface area contributed by atoms with Gasteiger partial charge in [-0.3, -0.25) is 4.79 Å². The summed E-state index contributed by atoms with van der Waals surface area (Å²) in [7, 11) is 1.62. The summed E-state index contributed by atoms with van der Waals surface area (Å²) in [5.41, 5.74) is -1.52. The molecule has 0 spiro atoms. The van der Waals surface area contributed by atoms with Crippen molar-refractivity contribution in [2.75, 3.05) is 25.5 Å². The molecule has 1 aliphatic heterocycles. The number of benzene rings is 1. The third kappa shape index (κ3) is 3.72. The third-order valence-corrected chi connectivity index (χ3v) is 3.68. The molecule has 0 bridgehead atoms. The van der Waals surface area contributed by atoms with Crippen LogP contribution in [-0.4, -0.2) is 47.9 Å². The summed E-state index contributed by atoms with van der Waals surface area (Å²) in [4.78, 5) is 26.5. The quantitative estimate of drug-likeness (QED) is 0.803. The number of carbonyl (C=O) groups is 2. The van der Waals surface area contributed by atoms with Gasteiger partial charge in [0.05, 0.1) is 5.56 Å². The van der Waals surface area contributed by atoms with Crippen LogP contribution in [0.25, 0.3) is 0 Å². The van der Waals surface area contributed by atoms with Crippen LogP contribution in [-0.2, 0) is 11.0 Å². The number of piperazine rings is 1. The van der Waals surface area contributed by atoms with Gasteiger partial charge in [0.2, 0.25) is 5.91 Å². The van der Waals surface area contributed by atoms with E-state index in [1.54, 1.807) is 14.0 Å². The summed E-state index contributed by atoms with van der Waals surface area (Å²) in [5.74, 6) is -1.73. The lowest BCUT2D eigenvalue weighted by Crippen LogP contribution is -2.56. The van der Waals surface area contributed by atoms with E-state index in [2.05, 4.69) is 5.32 Å². The topological polar surface area (TPSA) is 52.7 Å². The Morgan fingerprint density at radius 1 is 1.35 bits per heavy atom. The van der Waals surface area contributed by atoms with Gasteiger partial charge in [-0.2, -0.15) is 13.2 Å². The van der Waals surface area contributed by atoms with E-state index in [1.807, 2.05) is 0 Å². The van der Waals surface area contributed by atoms with Crippen LogP contribution in [0.2, 0.25) is 0 Å². The number of amides is 3. The maximum Gasteiger partial charge on any atom is 0.419 e. The van der Waals surface area contributed by atoms with Crippen molar-refractivity contribution in [1.29, 1.82) is 0 Å². The van der Waals surface area contributed by atoms with E-state index in [-0.39, 0.29) is 30.7 Å². The molecule has 1 fully saturated rings. The second-order valence-corrected chi connectivity index (χ2v) is 5.36. The van der Waals surface area contributed by atoms with Crippen LogP contribution in [0.5, 0.6) is 0 Å². The average Bonchev–Trinajstić information content (AvgIpc) is 2.42. The summed E-state index contributed by atoms with van der Waals surface area (Å²) in [6.07, 6.45) is -4.80. The highest BCUT2D eigenvalue weighted by atomic mass is 19.4. The molecule has 1 aromatic rings. The average molecular weight is 333 g/mol. The number of likely N-dealkylation sites (N-methyl/N-ethyl adjacent to an activating group) is 1. The second kappa shape index (κ2) is 6.05. The van der Waals surface area contributed by atoms with Crippen LogP contribution < -0.4 is 5.32 Å². The highest BCUT2D eigenvalue weighted by Crippen LogP contribution is 2.32. The van der Waals surface area contributed by atoms with Crippen LogP contribution >= 0.6 is 0 Å². The Labute approximate surface area is 129 Å². The number of rotatable bonds is 1. The van der Waals surface area contributed by atoms with Crippen molar-refractivity contribution in [1.82, 2.24) is 9.80 Å².